The van der Waals surface area contributed by atoms with Crippen molar-refractivity contribution in [3.05, 3.63) is 39.4 Å². The van der Waals surface area contributed by atoms with Gasteiger partial charge in [-0.3, -0.25) is 0 Å². The first-order valence-electron chi connectivity index (χ1n) is 5.74. The number of hydrogen-bond donors (Lipinski definition) is 1. The van der Waals surface area contributed by atoms with Crippen LogP contribution in [0.4, 0.5) is 0 Å². The van der Waals surface area contributed by atoms with Gasteiger partial charge in [-0.05, 0) is 34.7 Å². The van der Waals surface area contributed by atoms with Crippen LogP contribution in [0.2, 0.25) is 0 Å². The third-order valence-corrected chi connectivity index (χ3v) is 3.17. The lowest BCUT2D eigenvalue weighted by Gasteiger charge is -2.19. The first kappa shape index (κ1) is 14.0. The monoisotopic (exact) mass is 371 g/mol. The number of pyridine rings is 1. The Bertz CT molecular complexity index is 629. The summed E-state index contributed by atoms with van der Waals surface area (Å²) in [6, 6.07) is 3.14. The van der Waals surface area contributed by atoms with Crippen LogP contribution >= 0.6 is 22.6 Å². The predicted octanol–water partition coefficient (Wildman–Crippen LogP) is 2.87. The lowest BCUT2D eigenvalue weighted by atomic mass is 9.91. The van der Waals surface area contributed by atoms with Crippen LogP contribution in [0.5, 0.6) is 0 Å². The van der Waals surface area contributed by atoms with E-state index >= 15 is 0 Å². The molecule has 0 unspecified atom stereocenters. The third kappa shape index (κ3) is 3.12. The summed E-state index contributed by atoms with van der Waals surface area (Å²) in [4.78, 5) is 15.7. The van der Waals surface area contributed by atoms with Gasteiger partial charge in [-0.25, -0.2) is 14.5 Å². The van der Waals surface area contributed by atoms with Crippen molar-refractivity contribution >= 4 is 28.6 Å². The quantitative estimate of drug-likeness (QED) is 0.825. The summed E-state index contributed by atoms with van der Waals surface area (Å²) in [6.45, 7) is 5.99. The molecule has 0 saturated carbocycles. The van der Waals surface area contributed by atoms with E-state index in [0.29, 0.717) is 5.82 Å². The molecule has 0 aliphatic heterocycles. The van der Waals surface area contributed by atoms with Crippen molar-refractivity contribution < 1.29 is 9.90 Å². The predicted molar refractivity (Wildman–Crippen MR) is 79.7 cm³/mol. The number of carbonyl (C=O) groups is 1. The second-order valence-electron chi connectivity index (χ2n) is 5.26. The summed E-state index contributed by atoms with van der Waals surface area (Å²) in [7, 11) is 0. The van der Waals surface area contributed by atoms with E-state index in [4.69, 9.17) is 0 Å². The molecule has 5 nitrogen and oxygen atoms in total. The number of carboxylic acid groups (broad SMARTS) is 1. The molecule has 1 N–H and O–H groups in total. The average Bonchev–Trinajstić information content (AvgIpc) is 2.74. The molecule has 0 aliphatic carbocycles. The molecule has 0 bridgehead atoms. The molecule has 0 radical (unpaired) electrons. The minimum Gasteiger partial charge on any atom is -0.478 e. The van der Waals surface area contributed by atoms with E-state index in [1.165, 1.54) is 6.07 Å². The van der Waals surface area contributed by atoms with Gasteiger partial charge in [0.1, 0.15) is 0 Å². The topological polar surface area (TPSA) is 68.0 Å². The first-order chi connectivity index (χ1) is 8.77. The Morgan fingerprint density at radius 1 is 1.37 bits per heavy atom. The lowest BCUT2D eigenvalue weighted by molar-refractivity contribution is 0.0696. The maximum atomic E-state index is 11.2. The fourth-order valence-electron chi connectivity index (χ4n) is 1.57. The molecule has 100 valence electrons. The maximum absolute atomic E-state index is 11.2. The minimum absolute atomic E-state index is 0.222. The zero-order valence-corrected chi connectivity index (χ0v) is 13.0. The molecule has 0 amide bonds. The normalized spacial score (nSPS) is 11.6. The largest absolute Gasteiger partial charge is 0.478 e. The molecule has 6 heteroatoms. The summed E-state index contributed by atoms with van der Waals surface area (Å²) < 4.78 is 2.56. The zero-order chi connectivity index (χ0) is 14.2. The summed E-state index contributed by atoms with van der Waals surface area (Å²) in [5, 5.41) is 13.4. The summed E-state index contributed by atoms with van der Waals surface area (Å²) in [5.74, 6) is -0.441. The Labute approximate surface area is 124 Å². The van der Waals surface area contributed by atoms with E-state index in [9.17, 15) is 9.90 Å². The molecule has 2 rings (SSSR count). The van der Waals surface area contributed by atoms with Gasteiger partial charge in [0.25, 0.3) is 0 Å². The number of aromatic carboxylic acids is 1. The highest BCUT2D eigenvalue weighted by atomic mass is 127. The van der Waals surface area contributed by atoms with Crippen molar-refractivity contribution in [2.45, 2.75) is 26.2 Å². The van der Waals surface area contributed by atoms with Crippen molar-refractivity contribution in [3.8, 4) is 5.82 Å². The van der Waals surface area contributed by atoms with Crippen LogP contribution in [0.25, 0.3) is 5.82 Å². The van der Waals surface area contributed by atoms with Crippen LogP contribution in [-0.4, -0.2) is 25.8 Å². The van der Waals surface area contributed by atoms with Crippen molar-refractivity contribution in [2.24, 2.45) is 0 Å². The molecule has 0 spiro atoms. The summed E-state index contributed by atoms with van der Waals surface area (Å²) in [5.41, 5.74) is 0.730. The number of rotatable bonds is 2. The van der Waals surface area contributed by atoms with Crippen molar-refractivity contribution in [2.75, 3.05) is 0 Å². The van der Waals surface area contributed by atoms with Crippen LogP contribution in [0.3, 0.4) is 0 Å². The minimum atomic E-state index is -0.962. The van der Waals surface area contributed by atoms with E-state index in [1.807, 2.05) is 20.8 Å². The van der Waals surface area contributed by atoms with Gasteiger partial charge in [-0.2, -0.15) is 5.10 Å². The van der Waals surface area contributed by atoms with E-state index in [1.54, 1.807) is 23.1 Å². The zero-order valence-electron chi connectivity index (χ0n) is 10.9. The smallest absolute Gasteiger partial charge is 0.335 e. The van der Waals surface area contributed by atoms with E-state index in [2.05, 4.69) is 32.7 Å². The Morgan fingerprint density at radius 2 is 2.05 bits per heavy atom. The van der Waals surface area contributed by atoms with Gasteiger partial charge in [0.2, 0.25) is 0 Å². The van der Waals surface area contributed by atoms with E-state index in [-0.39, 0.29) is 11.0 Å². The SMILES string of the molecule is CC(C)(C)c1cc(C(=O)O)cc(-n2cc(I)cn2)n1. The number of halogens is 1. The Kier molecular flexibility index (Phi) is 3.62. The van der Waals surface area contributed by atoms with Gasteiger partial charge in [0.15, 0.2) is 5.82 Å². The highest BCUT2D eigenvalue weighted by Crippen LogP contribution is 2.23. The van der Waals surface area contributed by atoms with Crippen molar-refractivity contribution in [1.29, 1.82) is 0 Å². The standard InChI is InChI=1S/C13H14IN3O2/c1-13(2,3)10-4-8(12(18)19)5-11(16-10)17-7-9(14)6-15-17/h4-7H,1-3H3,(H,18,19). The highest BCUT2D eigenvalue weighted by Gasteiger charge is 2.19. The van der Waals surface area contributed by atoms with Gasteiger partial charge in [0.05, 0.1) is 15.3 Å². The Hall–Kier alpha value is -1.44. The van der Waals surface area contributed by atoms with Crippen LogP contribution < -0.4 is 0 Å². The number of aromatic nitrogens is 3. The van der Waals surface area contributed by atoms with Crippen LogP contribution in [-0.2, 0) is 5.41 Å². The molecule has 0 atom stereocenters. The highest BCUT2D eigenvalue weighted by molar-refractivity contribution is 14.1. The number of carboxylic acids is 1. The van der Waals surface area contributed by atoms with Gasteiger partial charge in [0, 0.05) is 17.3 Å². The van der Waals surface area contributed by atoms with Gasteiger partial charge < -0.3 is 5.11 Å². The molecule has 0 aliphatic rings. The van der Waals surface area contributed by atoms with Crippen LogP contribution in [0.1, 0.15) is 36.8 Å². The Balaban J connectivity index is 2.61. The molecular formula is C13H14IN3O2. The molecule has 2 heterocycles. The van der Waals surface area contributed by atoms with Crippen molar-refractivity contribution in [1.82, 2.24) is 14.8 Å². The van der Waals surface area contributed by atoms with Crippen LogP contribution in [0, 0.1) is 3.57 Å². The summed E-state index contributed by atoms with van der Waals surface area (Å²) >= 11 is 2.15. The number of hydrogen-bond acceptors (Lipinski definition) is 3. The second kappa shape index (κ2) is 4.92. The average molecular weight is 371 g/mol. The molecule has 19 heavy (non-hydrogen) atoms. The fourth-order valence-corrected chi connectivity index (χ4v) is 1.96. The number of nitrogens with zero attached hydrogens (tertiary/aromatic N) is 3. The fraction of sp³-hybridized carbons (Fsp3) is 0.308. The van der Waals surface area contributed by atoms with Gasteiger partial charge in [-0.15, -0.1) is 0 Å². The molecular weight excluding hydrogens is 357 g/mol. The van der Waals surface area contributed by atoms with Crippen LogP contribution in [0.15, 0.2) is 24.5 Å². The maximum Gasteiger partial charge on any atom is 0.335 e. The van der Waals surface area contributed by atoms with Crippen molar-refractivity contribution in [3.63, 3.8) is 0 Å². The summed E-state index contributed by atoms with van der Waals surface area (Å²) in [6.07, 6.45) is 3.51. The third-order valence-electron chi connectivity index (χ3n) is 2.61. The van der Waals surface area contributed by atoms with E-state index in [0.717, 1.165) is 9.26 Å². The lowest BCUT2D eigenvalue weighted by Crippen LogP contribution is -2.17. The Morgan fingerprint density at radius 3 is 2.53 bits per heavy atom. The van der Waals surface area contributed by atoms with Gasteiger partial charge >= 0.3 is 5.97 Å². The molecule has 2 aromatic heterocycles. The van der Waals surface area contributed by atoms with E-state index < -0.39 is 5.97 Å². The molecule has 0 aromatic carbocycles. The van der Waals surface area contributed by atoms with Gasteiger partial charge in [-0.1, -0.05) is 20.8 Å². The molecule has 2 aromatic rings. The first-order valence-corrected chi connectivity index (χ1v) is 6.81. The molecule has 0 saturated heterocycles. The molecule has 0 fully saturated rings. The second-order valence-corrected chi connectivity index (χ2v) is 6.50.